The fourth-order valence-corrected chi connectivity index (χ4v) is 4.74. The molecule has 2 saturated carbocycles. The standard InChI is InChI=1S/C18H18ClNO4/c1-24-14-5-2-8(19)6-13(14)20-17(21)15-9-3-4-10(12-7-11(9)12)16(15)18(22)23/h2-6,9-12,15-16H,7H2,1H3,(H,20,21)(H,22,23)/t9-,10-,11+,12-,15+,16-/m0/s1. The van der Waals surface area contributed by atoms with E-state index in [1.807, 2.05) is 12.2 Å². The number of hydrogen-bond donors (Lipinski definition) is 2. The minimum absolute atomic E-state index is 0.00581. The van der Waals surface area contributed by atoms with Gasteiger partial charge in [0.05, 0.1) is 24.6 Å². The lowest BCUT2D eigenvalue weighted by molar-refractivity contribution is -0.152. The van der Waals surface area contributed by atoms with Crippen LogP contribution in [0, 0.1) is 35.5 Å². The van der Waals surface area contributed by atoms with E-state index in [1.54, 1.807) is 18.2 Å². The smallest absolute Gasteiger partial charge is 0.307 e. The SMILES string of the molecule is COc1ccc(Cl)cc1NC(=O)[C@@H]1[C@H]2C=C[C@@H]([C@@H]3C[C@H]23)[C@@H]1C(=O)O. The molecule has 6 atom stereocenters. The fourth-order valence-electron chi connectivity index (χ4n) is 4.56. The predicted molar refractivity (Wildman–Crippen MR) is 89.0 cm³/mol. The molecule has 2 fully saturated rings. The number of carboxylic acid groups (broad SMARTS) is 1. The lowest BCUT2D eigenvalue weighted by Crippen LogP contribution is -2.48. The molecule has 6 heteroatoms. The second kappa shape index (κ2) is 5.52. The second-order valence-electron chi connectivity index (χ2n) is 6.83. The molecule has 4 aliphatic carbocycles. The zero-order valence-electron chi connectivity index (χ0n) is 13.1. The highest BCUT2D eigenvalue weighted by molar-refractivity contribution is 6.31. The highest BCUT2D eigenvalue weighted by Gasteiger charge is 2.63. The number of carboxylic acids is 1. The van der Waals surface area contributed by atoms with E-state index in [9.17, 15) is 14.7 Å². The largest absolute Gasteiger partial charge is 0.495 e. The molecular formula is C18H18ClNO4. The van der Waals surface area contributed by atoms with Crippen LogP contribution in [0.1, 0.15) is 6.42 Å². The van der Waals surface area contributed by atoms with Crippen LogP contribution < -0.4 is 10.1 Å². The molecule has 0 heterocycles. The van der Waals surface area contributed by atoms with Crippen LogP contribution in [0.5, 0.6) is 5.75 Å². The first kappa shape index (κ1) is 15.5. The van der Waals surface area contributed by atoms with Gasteiger partial charge < -0.3 is 15.2 Å². The van der Waals surface area contributed by atoms with Crippen molar-refractivity contribution >= 4 is 29.2 Å². The first-order valence-electron chi connectivity index (χ1n) is 8.07. The first-order chi connectivity index (χ1) is 11.5. The van der Waals surface area contributed by atoms with E-state index < -0.39 is 17.8 Å². The molecule has 0 spiro atoms. The molecule has 0 radical (unpaired) electrons. The summed E-state index contributed by atoms with van der Waals surface area (Å²) in [5.41, 5.74) is 0.469. The Bertz CT molecular complexity index is 747. The van der Waals surface area contributed by atoms with Crippen molar-refractivity contribution in [2.24, 2.45) is 35.5 Å². The number of nitrogens with one attached hydrogen (secondary N) is 1. The maximum atomic E-state index is 12.9. The molecule has 0 unspecified atom stereocenters. The summed E-state index contributed by atoms with van der Waals surface area (Å²) < 4.78 is 5.25. The normalized spacial score (nSPS) is 35.2. The third-order valence-corrected chi connectivity index (χ3v) is 5.89. The van der Waals surface area contributed by atoms with E-state index >= 15 is 0 Å². The van der Waals surface area contributed by atoms with Crippen LogP contribution in [-0.4, -0.2) is 24.1 Å². The number of carbonyl (C=O) groups excluding carboxylic acids is 1. The van der Waals surface area contributed by atoms with E-state index in [1.165, 1.54) is 7.11 Å². The molecule has 2 bridgehead atoms. The minimum Gasteiger partial charge on any atom is -0.495 e. The monoisotopic (exact) mass is 347 g/mol. The van der Waals surface area contributed by atoms with Crippen LogP contribution in [0.4, 0.5) is 5.69 Å². The van der Waals surface area contributed by atoms with Crippen molar-refractivity contribution in [3.63, 3.8) is 0 Å². The van der Waals surface area contributed by atoms with Gasteiger partial charge in [-0.2, -0.15) is 0 Å². The van der Waals surface area contributed by atoms with Gasteiger partial charge in [0, 0.05) is 5.02 Å². The number of methoxy groups -OCH3 is 1. The van der Waals surface area contributed by atoms with Gasteiger partial charge >= 0.3 is 5.97 Å². The molecular weight excluding hydrogens is 330 g/mol. The Hall–Kier alpha value is -2.01. The number of benzene rings is 1. The van der Waals surface area contributed by atoms with Crippen LogP contribution in [-0.2, 0) is 9.59 Å². The maximum absolute atomic E-state index is 12.9. The summed E-state index contributed by atoms with van der Waals surface area (Å²) >= 11 is 6.00. The van der Waals surface area contributed by atoms with Crippen LogP contribution in [0.25, 0.3) is 0 Å². The highest BCUT2D eigenvalue weighted by Crippen LogP contribution is 2.63. The number of hydrogen-bond acceptors (Lipinski definition) is 3. The van der Waals surface area contributed by atoms with Gasteiger partial charge in [0.15, 0.2) is 0 Å². The zero-order valence-corrected chi connectivity index (χ0v) is 13.9. The topological polar surface area (TPSA) is 75.6 Å². The number of ether oxygens (including phenoxy) is 1. The van der Waals surface area contributed by atoms with Gasteiger partial charge in [0.25, 0.3) is 0 Å². The molecule has 0 saturated heterocycles. The number of rotatable bonds is 4. The summed E-state index contributed by atoms with van der Waals surface area (Å²) in [6, 6.07) is 4.97. The Labute approximate surface area is 144 Å². The van der Waals surface area contributed by atoms with E-state index in [2.05, 4.69) is 5.32 Å². The quantitative estimate of drug-likeness (QED) is 0.821. The molecule has 4 aliphatic rings. The van der Waals surface area contributed by atoms with Crippen molar-refractivity contribution in [2.75, 3.05) is 12.4 Å². The summed E-state index contributed by atoms with van der Waals surface area (Å²) in [5, 5.41) is 13.0. The average Bonchev–Trinajstić information content (AvgIpc) is 3.36. The fraction of sp³-hybridized carbons (Fsp3) is 0.444. The molecule has 1 aromatic carbocycles. The van der Waals surface area contributed by atoms with Gasteiger partial charge in [-0.05, 0) is 48.3 Å². The molecule has 5 rings (SSSR count). The molecule has 126 valence electrons. The Morgan fingerprint density at radius 3 is 2.50 bits per heavy atom. The van der Waals surface area contributed by atoms with Crippen molar-refractivity contribution in [1.82, 2.24) is 0 Å². The number of amides is 1. The lowest BCUT2D eigenvalue weighted by Gasteiger charge is -2.41. The van der Waals surface area contributed by atoms with Crippen molar-refractivity contribution < 1.29 is 19.4 Å². The number of aliphatic carboxylic acids is 1. The molecule has 24 heavy (non-hydrogen) atoms. The Morgan fingerprint density at radius 1 is 1.21 bits per heavy atom. The van der Waals surface area contributed by atoms with Gasteiger partial charge in [-0.1, -0.05) is 23.8 Å². The number of anilines is 1. The summed E-state index contributed by atoms with van der Waals surface area (Å²) in [5.74, 6) is -1.01. The summed E-state index contributed by atoms with van der Waals surface area (Å²) in [6.45, 7) is 0. The molecule has 0 aliphatic heterocycles. The van der Waals surface area contributed by atoms with Gasteiger partial charge in [0.2, 0.25) is 5.91 Å². The van der Waals surface area contributed by atoms with Gasteiger partial charge in [-0.15, -0.1) is 0 Å². The Morgan fingerprint density at radius 2 is 1.88 bits per heavy atom. The van der Waals surface area contributed by atoms with Crippen LogP contribution >= 0.6 is 11.6 Å². The second-order valence-corrected chi connectivity index (χ2v) is 7.26. The molecule has 1 aromatic rings. The number of carbonyl (C=O) groups is 2. The Balaban J connectivity index is 1.63. The van der Waals surface area contributed by atoms with Crippen molar-refractivity contribution in [2.45, 2.75) is 6.42 Å². The van der Waals surface area contributed by atoms with Crippen LogP contribution in [0.15, 0.2) is 30.4 Å². The van der Waals surface area contributed by atoms with Gasteiger partial charge in [-0.25, -0.2) is 0 Å². The third-order valence-electron chi connectivity index (χ3n) is 5.66. The maximum Gasteiger partial charge on any atom is 0.307 e. The van der Waals surface area contributed by atoms with E-state index in [-0.39, 0.29) is 17.7 Å². The Kier molecular flexibility index (Phi) is 3.57. The summed E-state index contributed by atoms with van der Waals surface area (Å²) in [7, 11) is 1.51. The summed E-state index contributed by atoms with van der Waals surface area (Å²) in [6.07, 6.45) is 5.06. The van der Waals surface area contributed by atoms with Gasteiger partial charge in [-0.3, -0.25) is 9.59 Å². The van der Waals surface area contributed by atoms with Crippen LogP contribution in [0.3, 0.4) is 0 Å². The molecule has 0 aromatic heterocycles. The number of fused-ring (bicyclic) bond motifs is 1. The number of allylic oxidation sites excluding steroid dienone is 2. The van der Waals surface area contributed by atoms with Crippen LogP contribution in [0.2, 0.25) is 5.02 Å². The molecule has 1 amide bonds. The van der Waals surface area contributed by atoms with E-state index in [0.29, 0.717) is 28.3 Å². The first-order valence-corrected chi connectivity index (χ1v) is 8.44. The number of halogens is 1. The van der Waals surface area contributed by atoms with E-state index in [0.717, 1.165) is 6.42 Å². The lowest BCUT2D eigenvalue weighted by atomic mass is 9.62. The predicted octanol–water partition coefficient (Wildman–Crippen LogP) is 3.06. The van der Waals surface area contributed by atoms with Gasteiger partial charge in [0.1, 0.15) is 5.75 Å². The summed E-state index contributed by atoms with van der Waals surface area (Å²) in [4.78, 5) is 24.7. The molecule has 2 N–H and O–H groups in total. The van der Waals surface area contributed by atoms with Crippen molar-refractivity contribution in [3.05, 3.63) is 35.4 Å². The third kappa shape index (κ3) is 2.30. The average molecular weight is 348 g/mol. The van der Waals surface area contributed by atoms with E-state index in [4.69, 9.17) is 16.3 Å². The minimum atomic E-state index is -0.891. The van der Waals surface area contributed by atoms with Crippen molar-refractivity contribution in [1.29, 1.82) is 0 Å². The zero-order chi connectivity index (χ0) is 17.0. The molecule has 5 nitrogen and oxygen atoms in total. The van der Waals surface area contributed by atoms with Crippen molar-refractivity contribution in [3.8, 4) is 5.75 Å². The highest BCUT2D eigenvalue weighted by atomic mass is 35.5.